The van der Waals surface area contributed by atoms with E-state index in [4.69, 9.17) is 9.84 Å². The minimum absolute atomic E-state index is 0.0163. The highest BCUT2D eigenvalue weighted by molar-refractivity contribution is 7.88. The molecule has 0 bridgehead atoms. The Hall–Kier alpha value is -0.660. The smallest absolute Gasteiger partial charge is 0.304 e. The quantitative estimate of drug-likeness (QED) is 0.623. The van der Waals surface area contributed by atoms with E-state index in [1.807, 2.05) is 0 Å². The van der Waals surface area contributed by atoms with Gasteiger partial charge in [-0.15, -0.1) is 0 Å². The fraction of sp³-hybridized carbons (Fsp3) is 0.857. The fourth-order valence-corrected chi connectivity index (χ4v) is 1.69. The van der Waals surface area contributed by atoms with Gasteiger partial charge in [-0.2, -0.15) is 4.31 Å². The van der Waals surface area contributed by atoms with Crippen molar-refractivity contribution in [3.63, 3.8) is 0 Å². The Labute approximate surface area is 83.5 Å². The molecule has 0 amide bonds. The molecule has 0 unspecified atom stereocenters. The lowest BCUT2D eigenvalue weighted by Crippen LogP contribution is -2.34. The van der Waals surface area contributed by atoms with Crippen molar-refractivity contribution in [2.45, 2.75) is 6.42 Å². The van der Waals surface area contributed by atoms with E-state index >= 15 is 0 Å². The average molecular weight is 225 g/mol. The molecule has 0 aliphatic carbocycles. The van der Waals surface area contributed by atoms with E-state index < -0.39 is 16.0 Å². The Morgan fingerprint density at radius 2 is 2.00 bits per heavy atom. The van der Waals surface area contributed by atoms with Crippen LogP contribution in [-0.4, -0.2) is 56.9 Å². The lowest BCUT2D eigenvalue weighted by molar-refractivity contribution is -0.137. The predicted octanol–water partition coefficient (Wildman–Crippen LogP) is -0.631. The van der Waals surface area contributed by atoms with Crippen LogP contribution in [0.4, 0.5) is 0 Å². The lowest BCUT2D eigenvalue weighted by atomic mass is 10.4. The third-order valence-corrected chi connectivity index (χ3v) is 2.89. The van der Waals surface area contributed by atoms with Gasteiger partial charge in [-0.3, -0.25) is 4.79 Å². The molecule has 6 nitrogen and oxygen atoms in total. The SMILES string of the molecule is COCCN(CCC(=O)O)S(C)(=O)=O. The number of sulfonamides is 1. The summed E-state index contributed by atoms with van der Waals surface area (Å²) in [5.41, 5.74) is 0. The molecule has 14 heavy (non-hydrogen) atoms. The average Bonchev–Trinajstić information content (AvgIpc) is 2.01. The molecule has 0 aliphatic heterocycles. The van der Waals surface area contributed by atoms with Gasteiger partial charge in [0, 0.05) is 20.2 Å². The predicted molar refractivity (Wildman–Crippen MR) is 50.5 cm³/mol. The maximum Gasteiger partial charge on any atom is 0.304 e. The molecular weight excluding hydrogens is 210 g/mol. The van der Waals surface area contributed by atoms with Gasteiger partial charge in [0.1, 0.15) is 0 Å². The molecular formula is C7H15NO5S. The summed E-state index contributed by atoms with van der Waals surface area (Å²) in [6, 6.07) is 0. The van der Waals surface area contributed by atoms with Gasteiger partial charge in [0.2, 0.25) is 10.0 Å². The Bertz CT molecular complexity index is 274. The summed E-state index contributed by atoms with van der Waals surface area (Å²) in [6.07, 6.45) is 0.849. The normalized spacial score (nSPS) is 11.9. The van der Waals surface area contributed by atoms with Gasteiger partial charge in [-0.25, -0.2) is 8.42 Å². The number of carbonyl (C=O) groups is 1. The molecule has 0 aliphatic rings. The van der Waals surface area contributed by atoms with E-state index in [-0.39, 0.29) is 26.1 Å². The molecule has 0 heterocycles. The van der Waals surface area contributed by atoms with Crippen LogP contribution in [0.3, 0.4) is 0 Å². The molecule has 0 radical (unpaired) electrons. The maximum absolute atomic E-state index is 11.1. The maximum atomic E-state index is 11.1. The minimum atomic E-state index is -3.34. The van der Waals surface area contributed by atoms with Gasteiger partial charge in [0.15, 0.2) is 0 Å². The first-order valence-corrected chi connectivity index (χ1v) is 5.88. The fourth-order valence-electron chi connectivity index (χ4n) is 0.857. The molecule has 0 saturated heterocycles. The number of nitrogens with zero attached hydrogens (tertiary/aromatic N) is 1. The Balaban J connectivity index is 4.19. The van der Waals surface area contributed by atoms with Crippen molar-refractivity contribution >= 4 is 16.0 Å². The summed E-state index contributed by atoms with van der Waals surface area (Å²) < 4.78 is 28.1. The summed E-state index contributed by atoms with van der Waals surface area (Å²) >= 11 is 0. The Kier molecular flexibility index (Phi) is 5.66. The molecule has 0 fully saturated rings. The zero-order chi connectivity index (χ0) is 11.2. The standard InChI is InChI=1S/C7H15NO5S/c1-13-6-5-8(14(2,11)12)4-3-7(9)10/h3-6H2,1-2H3,(H,9,10). The van der Waals surface area contributed by atoms with Gasteiger partial charge in [0.25, 0.3) is 0 Å². The highest BCUT2D eigenvalue weighted by atomic mass is 32.2. The number of methoxy groups -OCH3 is 1. The largest absolute Gasteiger partial charge is 0.481 e. The van der Waals surface area contributed by atoms with E-state index in [1.54, 1.807) is 0 Å². The molecule has 7 heteroatoms. The number of hydrogen-bond donors (Lipinski definition) is 1. The van der Waals surface area contributed by atoms with Crippen LogP contribution in [0.15, 0.2) is 0 Å². The van der Waals surface area contributed by atoms with Crippen molar-refractivity contribution in [2.24, 2.45) is 0 Å². The topological polar surface area (TPSA) is 83.9 Å². The highest BCUT2D eigenvalue weighted by Gasteiger charge is 2.16. The highest BCUT2D eigenvalue weighted by Crippen LogP contribution is 1.99. The minimum Gasteiger partial charge on any atom is -0.481 e. The monoisotopic (exact) mass is 225 g/mol. The van der Waals surface area contributed by atoms with E-state index in [2.05, 4.69) is 0 Å². The van der Waals surface area contributed by atoms with Gasteiger partial charge < -0.3 is 9.84 Å². The van der Waals surface area contributed by atoms with Crippen molar-refractivity contribution in [1.82, 2.24) is 4.31 Å². The van der Waals surface area contributed by atoms with E-state index in [1.165, 1.54) is 7.11 Å². The summed E-state index contributed by atoms with van der Waals surface area (Å²) in [5, 5.41) is 8.40. The summed E-state index contributed by atoms with van der Waals surface area (Å²) in [5.74, 6) is -1.02. The lowest BCUT2D eigenvalue weighted by Gasteiger charge is -2.18. The number of ether oxygens (including phenoxy) is 1. The van der Waals surface area contributed by atoms with Crippen molar-refractivity contribution < 1.29 is 23.1 Å². The van der Waals surface area contributed by atoms with Gasteiger partial charge >= 0.3 is 5.97 Å². The summed E-state index contributed by atoms with van der Waals surface area (Å²) in [6.45, 7) is 0.423. The van der Waals surface area contributed by atoms with Crippen LogP contribution in [-0.2, 0) is 19.6 Å². The Morgan fingerprint density at radius 1 is 1.43 bits per heavy atom. The van der Waals surface area contributed by atoms with Gasteiger partial charge in [-0.1, -0.05) is 0 Å². The van der Waals surface area contributed by atoms with E-state index in [0.29, 0.717) is 0 Å². The molecule has 0 aromatic heterocycles. The van der Waals surface area contributed by atoms with E-state index in [9.17, 15) is 13.2 Å². The van der Waals surface area contributed by atoms with Gasteiger partial charge in [-0.05, 0) is 0 Å². The number of rotatable bonds is 7. The van der Waals surface area contributed by atoms with Crippen LogP contribution < -0.4 is 0 Å². The van der Waals surface area contributed by atoms with Crippen LogP contribution in [0, 0.1) is 0 Å². The number of carboxylic acids is 1. The number of carboxylic acid groups (broad SMARTS) is 1. The molecule has 84 valence electrons. The number of aliphatic carboxylic acids is 1. The van der Waals surface area contributed by atoms with Crippen LogP contribution in [0.2, 0.25) is 0 Å². The molecule has 0 atom stereocenters. The van der Waals surface area contributed by atoms with Crippen molar-refractivity contribution in [3.8, 4) is 0 Å². The zero-order valence-electron chi connectivity index (χ0n) is 8.26. The molecule has 0 aromatic carbocycles. The second-order valence-electron chi connectivity index (χ2n) is 2.80. The van der Waals surface area contributed by atoms with Crippen molar-refractivity contribution in [1.29, 1.82) is 0 Å². The first-order chi connectivity index (χ1) is 6.38. The first kappa shape index (κ1) is 13.3. The van der Waals surface area contributed by atoms with E-state index in [0.717, 1.165) is 10.6 Å². The third kappa shape index (κ3) is 5.90. The molecule has 0 spiro atoms. The van der Waals surface area contributed by atoms with Crippen molar-refractivity contribution in [3.05, 3.63) is 0 Å². The molecule has 0 saturated carbocycles. The van der Waals surface area contributed by atoms with Crippen LogP contribution in [0.1, 0.15) is 6.42 Å². The van der Waals surface area contributed by atoms with Crippen LogP contribution in [0.5, 0.6) is 0 Å². The summed E-state index contributed by atoms with van der Waals surface area (Å²) in [4.78, 5) is 10.3. The second-order valence-corrected chi connectivity index (χ2v) is 4.78. The summed E-state index contributed by atoms with van der Waals surface area (Å²) in [7, 11) is -1.89. The van der Waals surface area contributed by atoms with Crippen LogP contribution in [0.25, 0.3) is 0 Å². The molecule has 1 N–H and O–H groups in total. The van der Waals surface area contributed by atoms with Crippen LogP contribution >= 0.6 is 0 Å². The Morgan fingerprint density at radius 3 is 2.36 bits per heavy atom. The van der Waals surface area contributed by atoms with Crippen molar-refractivity contribution in [2.75, 3.05) is 33.1 Å². The van der Waals surface area contributed by atoms with Gasteiger partial charge in [0.05, 0.1) is 19.3 Å². The first-order valence-electron chi connectivity index (χ1n) is 4.03. The third-order valence-electron chi connectivity index (χ3n) is 1.59. The molecule has 0 aromatic rings. The second kappa shape index (κ2) is 5.94. The molecule has 0 rings (SSSR count). The zero-order valence-corrected chi connectivity index (χ0v) is 9.08. The number of hydrogen-bond acceptors (Lipinski definition) is 4.